The zero-order chi connectivity index (χ0) is 21.1. The molecule has 1 aliphatic rings. The smallest absolute Gasteiger partial charge is 0.273 e. The van der Waals surface area contributed by atoms with Crippen molar-refractivity contribution in [2.24, 2.45) is 11.0 Å². The molecule has 0 spiro atoms. The van der Waals surface area contributed by atoms with Gasteiger partial charge in [0, 0.05) is 17.0 Å². The molecule has 7 heteroatoms. The van der Waals surface area contributed by atoms with Crippen LogP contribution in [0.3, 0.4) is 0 Å². The van der Waals surface area contributed by atoms with Crippen LogP contribution in [0.15, 0.2) is 84.0 Å². The molecule has 0 aromatic heterocycles. The van der Waals surface area contributed by atoms with Crippen molar-refractivity contribution in [2.45, 2.75) is 11.8 Å². The molecule has 1 amide bonds. The van der Waals surface area contributed by atoms with Gasteiger partial charge in [0.1, 0.15) is 5.02 Å². The van der Waals surface area contributed by atoms with Crippen molar-refractivity contribution in [2.75, 3.05) is 0 Å². The molecule has 0 aliphatic heterocycles. The molecular formula is C23H18ClN3O3. The van der Waals surface area contributed by atoms with E-state index in [2.05, 4.69) is 10.5 Å². The summed E-state index contributed by atoms with van der Waals surface area (Å²) in [4.78, 5) is 23.3. The predicted octanol–water partition coefficient (Wildman–Crippen LogP) is 4.70. The fraction of sp³-hybridized carbons (Fsp3) is 0.130. The van der Waals surface area contributed by atoms with Crippen LogP contribution in [0.4, 0.5) is 5.69 Å². The maximum absolute atomic E-state index is 12.8. The number of nitrogens with zero attached hydrogens (tertiary/aromatic N) is 2. The van der Waals surface area contributed by atoms with Gasteiger partial charge in [0.05, 0.1) is 17.1 Å². The van der Waals surface area contributed by atoms with Crippen molar-refractivity contribution >= 4 is 29.4 Å². The lowest BCUT2D eigenvalue weighted by molar-refractivity contribution is -0.384. The van der Waals surface area contributed by atoms with Crippen molar-refractivity contribution in [3.05, 3.63) is 111 Å². The summed E-state index contributed by atoms with van der Waals surface area (Å²) in [6.07, 6.45) is 2.06. The van der Waals surface area contributed by atoms with Crippen LogP contribution < -0.4 is 5.43 Å². The van der Waals surface area contributed by atoms with Crippen molar-refractivity contribution in [3.63, 3.8) is 0 Å². The van der Waals surface area contributed by atoms with Gasteiger partial charge in [-0.1, -0.05) is 78.3 Å². The number of nitrogens with one attached hydrogen (secondary N) is 1. The second-order valence-corrected chi connectivity index (χ2v) is 7.57. The number of nitro groups is 1. The quantitative estimate of drug-likeness (QED) is 0.357. The highest BCUT2D eigenvalue weighted by Gasteiger charge is 2.60. The Balaban J connectivity index is 1.52. The van der Waals surface area contributed by atoms with Crippen LogP contribution in [0.2, 0.25) is 5.02 Å². The molecule has 0 radical (unpaired) electrons. The first-order chi connectivity index (χ1) is 14.5. The van der Waals surface area contributed by atoms with E-state index in [1.807, 2.05) is 60.7 Å². The number of nitro benzene ring substituents is 1. The van der Waals surface area contributed by atoms with Crippen molar-refractivity contribution in [1.82, 2.24) is 5.43 Å². The van der Waals surface area contributed by atoms with Crippen LogP contribution in [0.1, 0.15) is 23.1 Å². The van der Waals surface area contributed by atoms with Crippen molar-refractivity contribution in [3.8, 4) is 0 Å². The zero-order valence-corrected chi connectivity index (χ0v) is 16.6. The van der Waals surface area contributed by atoms with Crippen LogP contribution in [0.5, 0.6) is 0 Å². The van der Waals surface area contributed by atoms with Gasteiger partial charge < -0.3 is 0 Å². The Kier molecular flexibility index (Phi) is 5.33. The molecule has 1 atom stereocenters. The van der Waals surface area contributed by atoms with Crippen LogP contribution in [-0.2, 0) is 10.2 Å². The number of halogens is 1. The SMILES string of the molecule is O=C(N/N=C/c1ccc(Cl)c([N+](=O)[O-])c1)C1CC1(c1ccccc1)c1ccccc1. The van der Waals surface area contributed by atoms with E-state index < -0.39 is 4.92 Å². The van der Waals surface area contributed by atoms with E-state index in [-0.39, 0.29) is 28.0 Å². The number of hydrogen-bond donors (Lipinski definition) is 1. The van der Waals surface area contributed by atoms with E-state index in [9.17, 15) is 14.9 Å². The number of carbonyl (C=O) groups excluding carboxylic acids is 1. The number of amides is 1. The molecule has 4 rings (SSSR count). The molecule has 0 bridgehead atoms. The van der Waals surface area contributed by atoms with E-state index in [1.54, 1.807) is 6.07 Å². The average molecular weight is 420 g/mol. The van der Waals surface area contributed by atoms with E-state index in [0.29, 0.717) is 12.0 Å². The minimum atomic E-state index is -0.559. The van der Waals surface area contributed by atoms with E-state index in [4.69, 9.17) is 11.6 Å². The van der Waals surface area contributed by atoms with Gasteiger partial charge in [-0.05, 0) is 23.6 Å². The Morgan fingerprint density at radius 3 is 2.23 bits per heavy atom. The van der Waals surface area contributed by atoms with Crippen LogP contribution >= 0.6 is 11.6 Å². The van der Waals surface area contributed by atoms with E-state index in [0.717, 1.165) is 11.1 Å². The van der Waals surface area contributed by atoms with Gasteiger partial charge in [-0.25, -0.2) is 5.43 Å². The molecule has 1 saturated carbocycles. The minimum absolute atomic E-state index is 0.0506. The number of carbonyl (C=O) groups is 1. The summed E-state index contributed by atoms with van der Waals surface area (Å²) in [5, 5.41) is 15.0. The molecule has 1 N–H and O–H groups in total. The topological polar surface area (TPSA) is 84.6 Å². The monoisotopic (exact) mass is 419 g/mol. The number of hydrazone groups is 1. The summed E-state index contributed by atoms with van der Waals surface area (Å²) >= 11 is 5.82. The lowest BCUT2D eigenvalue weighted by atomic mass is 9.85. The molecule has 150 valence electrons. The Bertz CT molecular complexity index is 1080. The average Bonchev–Trinajstić information content (AvgIpc) is 3.53. The third-order valence-corrected chi connectivity index (χ3v) is 5.73. The number of benzene rings is 3. The highest BCUT2D eigenvalue weighted by Crippen LogP contribution is 2.58. The minimum Gasteiger partial charge on any atom is -0.273 e. The second-order valence-electron chi connectivity index (χ2n) is 7.16. The largest absolute Gasteiger partial charge is 0.288 e. The Morgan fingerprint density at radius 1 is 1.07 bits per heavy atom. The highest BCUT2D eigenvalue weighted by atomic mass is 35.5. The summed E-state index contributed by atoms with van der Waals surface area (Å²) in [7, 11) is 0. The molecule has 0 heterocycles. The highest BCUT2D eigenvalue weighted by molar-refractivity contribution is 6.32. The van der Waals surface area contributed by atoms with Gasteiger partial charge in [-0.15, -0.1) is 0 Å². The molecule has 1 unspecified atom stereocenters. The van der Waals surface area contributed by atoms with Gasteiger partial charge in [0.25, 0.3) is 5.69 Å². The van der Waals surface area contributed by atoms with E-state index >= 15 is 0 Å². The lowest BCUT2D eigenvalue weighted by Crippen LogP contribution is -2.25. The van der Waals surface area contributed by atoms with Crippen molar-refractivity contribution in [1.29, 1.82) is 0 Å². The molecule has 1 fully saturated rings. The number of hydrogen-bond acceptors (Lipinski definition) is 4. The van der Waals surface area contributed by atoms with Gasteiger partial charge in [0.15, 0.2) is 0 Å². The normalized spacial score (nSPS) is 16.9. The fourth-order valence-electron chi connectivity index (χ4n) is 3.85. The predicted molar refractivity (Wildman–Crippen MR) is 116 cm³/mol. The standard InChI is InChI=1S/C23H18ClN3O3/c24-20-12-11-16(13-21(20)27(29)30)15-25-26-22(28)19-14-23(19,17-7-3-1-4-8-17)18-9-5-2-6-10-18/h1-13,15,19H,14H2,(H,26,28)/b25-15+. The maximum Gasteiger partial charge on any atom is 0.288 e. The second kappa shape index (κ2) is 8.08. The lowest BCUT2D eigenvalue weighted by Gasteiger charge is -2.18. The molecule has 6 nitrogen and oxygen atoms in total. The van der Waals surface area contributed by atoms with Gasteiger partial charge in [-0.3, -0.25) is 14.9 Å². The van der Waals surface area contributed by atoms with Gasteiger partial charge in [-0.2, -0.15) is 5.10 Å². The summed E-state index contributed by atoms with van der Waals surface area (Å²) in [6, 6.07) is 24.3. The molecule has 1 aliphatic carbocycles. The third-order valence-electron chi connectivity index (χ3n) is 5.41. The number of rotatable bonds is 6. The van der Waals surface area contributed by atoms with Crippen LogP contribution in [-0.4, -0.2) is 17.0 Å². The fourth-order valence-corrected chi connectivity index (χ4v) is 4.04. The first kappa shape index (κ1) is 19.8. The van der Waals surface area contributed by atoms with Gasteiger partial charge >= 0.3 is 0 Å². The first-order valence-electron chi connectivity index (χ1n) is 9.40. The summed E-state index contributed by atoms with van der Waals surface area (Å²) in [6.45, 7) is 0. The summed E-state index contributed by atoms with van der Waals surface area (Å²) in [5.41, 5.74) is 4.65. The van der Waals surface area contributed by atoms with Crippen molar-refractivity contribution < 1.29 is 9.72 Å². The molecular weight excluding hydrogens is 402 g/mol. The Hall–Kier alpha value is -3.51. The molecule has 3 aromatic carbocycles. The third kappa shape index (κ3) is 3.69. The van der Waals surface area contributed by atoms with Crippen LogP contribution in [0.25, 0.3) is 0 Å². The van der Waals surface area contributed by atoms with Gasteiger partial charge in [0.2, 0.25) is 5.91 Å². The molecule has 0 saturated heterocycles. The Labute approximate surface area is 178 Å². The first-order valence-corrected chi connectivity index (χ1v) is 9.78. The summed E-state index contributed by atoms with van der Waals surface area (Å²) < 4.78 is 0. The maximum atomic E-state index is 12.8. The van der Waals surface area contributed by atoms with E-state index in [1.165, 1.54) is 18.3 Å². The van der Waals surface area contributed by atoms with Crippen LogP contribution in [0, 0.1) is 16.0 Å². The summed E-state index contributed by atoms with van der Waals surface area (Å²) in [5.74, 6) is -0.443. The molecule has 3 aromatic rings. The zero-order valence-electron chi connectivity index (χ0n) is 15.9. The molecule has 30 heavy (non-hydrogen) atoms. The Morgan fingerprint density at radius 2 is 1.67 bits per heavy atom.